The molecule has 2 aromatic rings. The Hall–Kier alpha value is -1.93. The monoisotopic (exact) mass is 329 g/mol. The molecule has 0 radical (unpaired) electrons. The zero-order chi connectivity index (χ0) is 15.6. The maximum Gasteiger partial charge on any atom is 0.325 e. The number of rotatable bonds is 4. The number of aromatic nitrogens is 2. The van der Waals surface area contributed by atoms with Crippen molar-refractivity contribution >= 4 is 44.4 Å². The first-order chi connectivity index (χ1) is 9.85. The number of methoxy groups -OCH3 is 1. The van der Waals surface area contributed by atoms with Gasteiger partial charge in [-0.1, -0.05) is 23.7 Å². The van der Waals surface area contributed by atoms with Gasteiger partial charge < -0.3 is 4.74 Å². The predicted octanol–water partition coefficient (Wildman–Crippen LogP) is 1.59. The lowest BCUT2D eigenvalue weighted by atomic mass is 10.3. The zero-order valence-electron chi connectivity index (χ0n) is 11.2. The number of anilines is 1. The number of nitrogens with one attached hydrogen (secondary N) is 1. The third kappa shape index (κ3) is 3.22. The molecule has 0 fully saturated rings. The summed E-state index contributed by atoms with van der Waals surface area (Å²) in [4.78, 5) is 19.5. The Kier molecular flexibility index (Phi) is 4.29. The van der Waals surface area contributed by atoms with Crippen LogP contribution in [0.25, 0.3) is 11.0 Å². The molecule has 1 heterocycles. The summed E-state index contributed by atoms with van der Waals surface area (Å²) >= 11 is 5.91. The lowest BCUT2D eigenvalue weighted by Crippen LogP contribution is -2.33. The van der Waals surface area contributed by atoms with E-state index in [0.717, 1.165) is 7.11 Å². The zero-order valence-corrected chi connectivity index (χ0v) is 12.8. The molecule has 112 valence electrons. The van der Waals surface area contributed by atoms with Crippen molar-refractivity contribution in [2.75, 3.05) is 11.8 Å². The first-order valence-corrected chi connectivity index (χ1v) is 7.79. The van der Waals surface area contributed by atoms with Gasteiger partial charge in [-0.15, -0.1) is 0 Å². The second-order valence-electron chi connectivity index (χ2n) is 4.16. The Labute approximate surface area is 126 Å². The molecule has 7 nitrogen and oxygen atoms in total. The number of para-hydroxylation sites is 2. The van der Waals surface area contributed by atoms with Gasteiger partial charge in [-0.05, 0) is 19.1 Å². The highest BCUT2D eigenvalue weighted by Gasteiger charge is 2.30. The van der Waals surface area contributed by atoms with Crippen molar-refractivity contribution < 1.29 is 17.9 Å². The Balaban J connectivity index is 2.39. The van der Waals surface area contributed by atoms with Gasteiger partial charge >= 0.3 is 5.97 Å². The Morgan fingerprint density at radius 3 is 2.43 bits per heavy atom. The first-order valence-electron chi connectivity index (χ1n) is 5.87. The number of hydrogen-bond acceptors (Lipinski definition) is 6. The van der Waals surface area contributed by atoms with E-state index in [0.29, 0.717) is 11.0 Å². The van der Waals surface area contributed by atoms with Crippen LogP contribution in [0.3, 0.4) is 0 Å². The van der Waals surface area contributed by atoms with Gasteiger partial charge in [0.15, 0.2) is 16.2 Å². The molecule has 0 aliphatic rings. The SMILES string of the molecule is COC(=O)C(C)S(=O)(=O)Nc1nc2ccccc2nc1Cl. The topological polar surface area (TPSA) is 98.2 Å². The number of sulfonamides is 1. The lowest BCUT2D eigenvalue weighted by molar-refractivity contribution is -0.139. The average molecular weight is 330 g/mol. The quantitative estimate of drug-likeness (QED) is 0.855. The van der Waals surface area contributed by atoms with Gasteiger partial charge in [0.1, 0.15) is 0 Å². The Morgan fingerprint density at radius 2 is 1.86 bits per heavy atom. The summed E-state index contributed by atoms with van der Waals surface area (Å²) in [6.07, 6.45) is 0. The van der Waals surface area contributed by atoms with E-state index < -0.39 is 21.2 Å². The summed E-state index contributed by atoms with van der Waals surface area (Å²) in [7, 11) is -2.92. The van der Waals surface area contributed by atoms with E-state index in [1.165, 1.54) is 6.92 Å². The molecule has 0 spiro atoms. The molecule has 2 rings (SSSR count). The van der Waals surface area contributed by atoms with Crippen LogP contribution in [0, 0.1) is 0 Å². The van der Waals surface area contributed by atoms with Crippen molar-refractivity contribution in [1.29, 1.82) is 0 Å². The number of benzene rings is 1. The minimum atomic E-state index is -4.03. The number of fused-ring (bicyclic) bond motifs is 1. The minimum absolute atomic E-state index is 0.102. The molecular formula is C12H12ClN3O4S. The lowest BCUT2D eigenvalue weighted by Gasteiger charge is -2.13. The van der Waals surface area contributed by atoms with Crippen LogP contribution in [-0.2, 0) is 19.6 Å². The standard InChI is InChI=1S/C12H12ClN3O4S/c1-7(12(17)20-2)21(18,19)16-11-10(13)14-8-5-3-4-6-9(8)15-11/h3-7H,1-2H3,(H,15,16). The third-order valence-corrected chi connectivity index (χ3v) is 4.63. The van der Waals surface area contributed by atoms with Crippen LogP contribution >= 0.6 is 11.6 Å². The van der Waals surface area contributed by atoms with Crippen molar-refractivity contribution in [2.45, 2.75) is 12.2 Å². The second-order valence-corrected chi connectivity index (χ2v) is 6.52. The highest BCUT2D eigenvalue weighted by Crippen LogP contribution is 2.22. The molecule has 0 saturated heterocycles. The number of carbonyl (C=O) groups is 1. The molecule has 0 bridgehead atoms. The normalized spacial score (nSPS) is 12.9. The highest BCUT2D eigenvalue weighted by molar-refractivity contribution is 7.94. The molecule has 0 saturated carbocycles. The van der Waals surface area contributed by atoms with Crippen LogP contribution in [0.1, 0.15) is 6.92 Å². The first kappa shape index (κ1) is 15.5. The van der Waals surface area contributed by atoms with Gasteiger partial charge in [0, 0.05) is 0 Å². The molecule has 1 aromatic heterocycles. The third-order valence-electron chi connectivity index (χ3n) is 2.77. The summed E-state index contributed by atoms with van der Waals surface area (Å²) in [6.45, 7) is 1.20. The van der Waals surface area contributed by atoms with Gasteiger partial charge in [0.2, 0.25) is 10.0 Å². The molecule has 1 atom stereocenters. The largest absolute Gasteiger partial charge is 0.468 e. The Bertz CT molecular complexity index is 794. The van der Waals surface area contributed by atoms with Gasteiger partial charge in [-0.2, -0.15) is 0 Å². The fraction of sp³-hybridized carbons (Fsp3) is 0.250. The van der Waals surface area contributed by atoms with Gasteiger partial charge in [-0.3, -0.25) is 9.52 Å². The maximum atomic E-state index is 12.1. The van der Waals surface area contributed by atoms with E-state index in [2.05, 4.69) is 19.4 Å². The van der Waals surface area contributed by atoms with Crippen LogP contribution in [-0.4, -0.2) is 36.7 Å². The van der Waals surface area contributed by atoms with Gasteiger partial charge in [-0.25, -0.2) is 18.4 Å². The van der Waals surface area contributed by atoms with Crippen molar-refractivity contribution in [3.05, 3.63) is 29.4 Å². The van der Waals surface area contributed by atoms with Crippen LogP contribution in [0.5, 0.6) is 0 Å². The molecule has 1 aromatic carbocycles. The van der Waals surface area contributed by atoms with Crippen molar-refractivity contribution in [3.8, 4) is 0 Å². The number of hydrogen-bond donors (Lipinski definition) is 1. The number of carbonyl (C=O) groups excluding carboxylic acids is 1. The van der Waals surface area contributed by atoms with E-state index in [1.807, 2.05) is 0 Å². The second kappa shape index (κ2) is 5.82. The molecule has 1 N–H and O–H groups in total. The van der Waals surface area contributed by atoms with E-state index in [1.54, 1.807) is 24.3 Å². The summed E-state index contributed by atoms with van der Waals surface area (Å²) < 4.78 is 30.7. The molecule has 0 aliphatic heterocycles. The molecular weight excluding hydrogens is 318 g/mol. The summed E-state index contributed by atoms with van der Waals surface area (Å²) in [5.74, 6) is -1.02. The summed E-state index contributed by atoms with van der Waals surface area (Å²) in [5.41, 5.74) is 1.01. The van der Waals surface area contributed by atoms with E-state index >= 15 is 0 Å². The highest BCUT2D eigenvalue weighted by atomic mass is 35.5. The van der Waals surface area contributed by atoms with Crippen LogP contribution in [0.2, 0.25) is 5.15 Å². The van der Waals surface area contributed by atoms with Crippen molar-refractivity contribution in [1.82, 2.24) is 9.97 Å². The van der Waals surface area contributed by atoms with Crippen LogP contribution in [0.4, 0.5) is 5.82 Å². The predicted molar refractivity (Wildman–Crippen MR) is 78.6 cm³/mol. The average Bonchev–Trinajstić information content (AvgIpc) is 2.46. The molecule has 1 unspecified atom stereocenters. The van der Waals surface area contributed by atoms with E-state index in [4.69, 9.17) is 11.6 Å². The number of nitrogens with zero attached hydrogens (tertiary/aromatic N) is 2. The van der Waals surface area contributed by atoms with Crippen LogP contribution < -0.4 is 4.72 Å². The van der Waals surface area contributed by atoms with Crippen LogP contribution in [0.15, 0.2) is 24.3 Å². The van der Waals surface area contributed by atoms with Crippen molar-refractivity contribution in [3.63, 3.8) is 0 Å². The van der Waals surface area contributed by atoms with Gasteiger partial charge in [0.25, 0.3) is 0 Å². The molecule has 0 aliphatic carbocycles. The Morgan fingerprint density at radius 1 is 1.29 bits per heavy atom. The smallest absolute Gasteiger partial charge is 0.325 e. The number of ether oxygens (including phenoxy) is 1. The maximum absolute atomic E-state index is 12.1. The van der Waals surface area contributed by atoms with Gasteiger partial charge in [0.05, 0.1) is 18.1 Å². The van der Waals surface area contributed by atoms with Crippen molar-refractivity contribution in [2.24, 2.45) is 0 Å². The number of esters is 1. The number of halogens is 1. The van der Waals surface area contributed by atoms with E-state index in [9.17, 15) is 13.2 Å². The molecule has 0 amide bonds. The fourth-order valence-electron chi connectivity index (χ4n) is 1.56. The van der Waals surface area contributed by atoms with E-state index in [-0.39, 0.29) is 11.0 Å². The summed E-state index contributed by atoms with van der Waals surface area (Å²) in [6, 6.07) is 6.86. The minimum Gasteiger partial charge on any atom is -0.468 e. The molecule has 9 heteroatoms. The fourth-order valence-corrected chi connectivity index (χ4v) is 2.73. The summed E-state index contributed by atoms with van der Waals surface area (Å²) in [5, 5.41) is -1.50. The molecule has 21 heavy (non-hydrogen) atoms.